The molecule has 0 amide bonds. The molecule has 16 heavy (non-hydrogen) atoms. The molecular weight excluding hydrogens is 206 g/mol. The minimum atomic E-state index is 0.666. The zero-order valence-corrected chi connectivity index (χ0v) is 9.35. The summed E-state index contributed by atoms with van der Waals surface area (Å²) in [6.45, 7) is 3.35. The molecule has 1 heterocycles. The summed E-state index contributed by atoms with van der Waals surface area (Å²) in [5.41, 5.74) is 7.05. The van der Waals surface area contributed by atoms with Gasteiger partial charge in [0.15, 0.2) is 11.4 Å². The molecule has 0 atom stereocenters. The Morgan fingerprint density at radius 1 is 1.38 bits per heavy atom. The van der Waals surface area contributed by atoms with E-state index in [0.717, 1.165) is 32.0 Å². The predicted octanol–water partition coefficient (Wildman–Crippen LogP) is 0.375. The summed E-state index contributed by atoms with van der Waals surface area (Å²) in [5, 5.41) is 3.66. The van der Waals surface area contributed by atoms with Gasteiger partial charge in [0.25, 0.3) is 0 Å². The van der Waals surface area contributed by atoms with Crippen LogP contribution in [0.5, 0.6) is 5.75 Å². The summed E-state index contributed by atoms with van der Waals surface area (Å²) < 4.78 is 10.5. The van der Waals surface area contributed by atoms with Gasteiger partial charge < -0.3 is 14.4 Å². The van der Waals surface area contributed by atoms with Gasteiger partial charge in [0.2, 0.25) is 0 Å². The van der Waals surface area contributed by atoms with Crippen molar-refractivity contribution in [2.24, 2.45) is 5.11 Å². The second-order valence-electron chi connectivity index (χ2n) is 3.58. The molecule has 0 spiro atoms. The van der Waals surface area contributed by atoms with Gasteiger partial charge in [0.1, 0.15) is 0 Å². The number of ether oxygens (including phenoxy) is 2. The second kappa shape index (κ2) is 4.94. The maximum absolute atomic E-state index is 5.31. The number of morpholine rings is 1. The summed E-state index contributed by atoms with van der Waals surface area (Å²) in [5.74, 6) is 0.700. The molecule has 0 aliphatic carbocycles. The molecule has 2 N–H and O–H groups in total. The number of nitrogens with two attached hydrogens (primary N) is 1. The van der Waals surface area contributed by atoms with Crippen molar-refractivity contribution < 1.29 is 15.0 Å². The summed E-state index contributed by atoms with van der Waals surface area (Å²) in [4.78, 5) is 2.26. The Kier molecular flexibility index (Phi) is 3.36. The number of methoxy groups -OCH3 is 1. The normalized spacial score (nSPS) is 15.9. The second-order valence-corrected chi connectivity index (χ2v) is 3.58. The number of hydrogen-bond acceptors (Lipinski definition) is 4. The summed E-state index contributed by atoms with van der Waals surface area (Å²) in [7, 11) is 1.62. The van der Waals surface area contributed by atoms with E-state index in [1.165, 1.54) is 0 Å². The molecule has 1 saturated heterocycles. The highest BCUT2D eigenvalue weighted by atomic mass is 16.5. The Balaban J connectivity index is 2.24. The summed E-state index contributed by atoms with van der Waals surface area (Å²) >= 11 is 0. The first-order valence-electron chi connectivity index (χ1n) is 5.27. The number of nitrogens with zero attached hydrogens (tertiary/aromatic N) is 2. The maximum atomic E-state index is 5.31. The molecule has 1 fully saturated rings. The Hall–Kier alpha value is -1.62. The van der Waals surface area contributed by atoms with Crippen molar-refractivity contribution in [2.45, 2.75) is 0 Å². The van der Waals surface area contributed by atoms with E-state index in [9.17, 15) is 0 Å². The zero-order chi connectivity index (χ0) is 11.4. The molecule has 5 heteroatoms. The van der Waals surface area contributed by atoms with Crippen LogP contribution in [0.1, 0.15) is 0 Å². The van der Waals surface area contributed by atoms with E-state index in [1.54, 1.807) is 7.11 Å². The van der Waals surface area contributed by atoms with Crippen molar-refractivity contribution in [2.75, 3.05) is 38.3 Å². The first kappa shape index (κ1) is 10.9. The van der Waals surface area contributed by atoms with Gasteiger partial charge in [-0.1, -0.05) is 0 Å². The molecule has 1 aromatic carbocycles. The van der Waals surface area contributed by atoms with Crippen LogP contribution in [0.15, 0.2) is 23.3 Å². The monoisotopic (exact) mass is 222 g/mol. The molecular formula is C11H16N3O2+. The lowest BCUT2D eigenvalue weighted by Crippen LogP contribution is -2.36. The van der Waals surface area contributed by atoms with Crippen LogP contribution in [0.4, 0.5) is 11.4 Å². The van der Waals surface area contributed by atoms with Crippen molar-refractivity contribution in [3.05, 3.63) is 18.2 Å². The van der Waals surface area contributed by atoms with Crippen LogP contribution in [0, 0.1) is 0 Å². The average Bonchev–Trinajstić information content (AvgIpc) is 2.39. The predicted molar refractivity (Wildman–Crippen MR) is 60.0 cm³/mol. The average molecular weight is 222 g/mol. The lowest BCUT2D eigenvalue weighted by molar-refractivity contribution is -0.210. The van der Waals surface area contributed by atoms with Crippen molar-refractivity contribution in [1.82, 2.24) is 0 Å². The molecule has 0 radical (unpaired) electrons. The van der Waals surface area contributed by atoms with Crippen LogP contribution in [0.3, 0.4) is 0 Å². The Bertz CT molecular complexity index is 375. The topological polar surface area (TPSA) is 59.7 Å². The van der Waals surface area contributed by atoms with Gasteiger partial charge in [0, 0.05) is 24.8 Å². The highest BCUT2D eigenvalue weighted by molar-refractivity contribution is 5.61. The molecule has 0 aromatic heterocycles. The third kappa shape index (κ3) is 2.14. The van der Waals surface area contributed by atoms with Crippen LogP contribution in [0.2, 0.25) is 0 Å². The van der Waals surface area contributed by atoms with Gasteiger partial charge in [-0.05, 0) is 17.2 Å². The van der Waals surface area contributed by atoms with Crippen LogP contribution >= 0.6 is 0 Å². The number of rotatable bonds is 3. The van der Waals surface area contributed by atoms with Gasteiger partial charge in [-0.15, -0.1) is 0 Å². The van der Waals surface area contributed by atoms with Gasteiger partial charge in [0.05, 0.1) is 20.3 Å². The molecule has 0 unspecified atom stereocenters. The van der Waals surface area contributed by atoms with Gasteiger partial charge in [-0.25, -0.2) is 0 Å². The number of hydrogen-bond donors (Lipinski definition) is 1. The van der Waals surface area contributed by atoms with E-state index in [4.69, 9.17) is 15.0 Å². The van der Waals surface area contributed by atoms with E-state index in [2.05, 4.69) is 10.0 Å². The molecule has 2 rings (SSSR count). The molecule has 0 saturated carbocycles. The van der Waals surface area contributed by atoms with Crippen LogP contribution in [0.25, 0.3) is 0 Å². The van der Waals surface area contributed by atoms with E-state index >= 15 is 0 Å². The van der Waals surface area contributed by atoms with E-state index in [-0.39, 0.29) is 0 Å². The van der Waals surface area contributed by atoms with Crippen LogP contribution < -0.4 is 15.2 Å². The van der Waals surface area contributed by atoms with Gasteiger partial charge in [-0.3, -0.25) is 0 Å². The van der Waals surface area contributed by atoms with Crippen molar-refractivity contribution >= 4 is 11.4 Å². The molecule has 1 aliphatic rings. The van der Waals surface area contributed by atoms with Gasteiger partial charge in [-0.2, -0.15) is 5.53 Å². The fourth-order valence-electron chi connectivity index (χ4n) is 1.79. The third-order valence-electron chi connectivity index (χ3n) is 2.68. The summed E-state index contributed by atoms with van der Waals surface area (Å²) in [6.07, 6.45) is 0. The first-order valence-corrected chi connectivity index (χ1v) is 5.27. The third-order valence-corrected chi connectivity index (χ3v) is 2.68. The quantitative estimate of drug-likeness (QED) is 0.752. The Labute approximate surface area is 94.5 Å². The van der Waals surface area contributed by atoms with Crippen molar-refractivity contribution in [1.29, 1.82) is 0 Å². The molecule has 1 aromatic rings. The van der Waals surface area contributed by atoms with Crippen molar-refractivity contribution in [3.63, 3.8) is 0 Å². The molecule has 0 bridgehead atoms. The SMILES string of the molecule is COc1cc(N2CCOCC2)ccc1N=[NH2+]. The van der Waals surface area contributed by atoms with Crippen LogP contribution in [-0.2, 0) is 4.74 Å². The Morgan fingerprint density at radius 3 is 2.75 bits per heavy atom. The number of anilines is 1. The first-order chi connectivity index (χ1) is 7.85. The minimum absolute atomic E-state index is 0.666. The highest BCUT2D eigenvalue weighted by Gasteiger charge is 2.13. The minimum Gasteiger partial charge on any atom is -0.494 e. The number of benzene rings is 1. The molecule has 5 nitrogen and oxygen atoms in total. The summed E-state index contributed by atoms with van der Waals surface area (Å²) in [6, 6.07) is 5.82. The smallest absolute Gasteiger partial charge is 0.171 e. The fraction of sp³-hybridized carbons (Fsp3) is 0.455. The molecule has 86 valence electrons. The largest absolute Gasteiger partial charge is 0.494 e. The van der Waals surface area contributed by atoms with E-state index in [0.29, 0.717) is 11.4 Å². The Morgan fingerprint density at radius 2 is 2.12 bits per heavy atom. The lowest BCUT2D eigenvalue weighted by Gasteiger charge is -2.29. The van der Waals surface area contributed by atoms with E-state index in [1.807, 2.05) is 18.2 Å². The van der Waals surface area contributed by atoms with Crippen LogP contribution in [-0.4, -0.2) is 33.4 Å². The lowest BCUT2D eigenvalue weighted by atomic mass is 10.2. The van der Waals surface area contributed by atoms with Gasteiger partial charge >= 0.3 is 0 Å². The fourth-order valence-corrected chi connectivity index (χ4v) is 1.79. The highest BCUT2D eigenvalue weighted by Crippen LogP contribution is 2.31. The van der Waals surface area contributed by atoms with Crippen molar-refractivity contribution in [3.8, 4) is 5.75 Å². The zero-order valence-electron chi connectivity index (χ0n) is 9.35. The molecule has 1 aliphatic heterocycles. The maximum Gasteiger partial charge on any atom is 0.171 e. The van der Waals surface area contributed by atoms with E-state index < -0.39 is 0 Å². The standard InChI is InChI=1S/C11H15N3O2/c1-15-11-8-9(2-3-10(11)13-12)14-4-6-16-7-5-14/h2-3,8,12H,4-7H2,1H3/p+1.